The van der Waals surface area contributed by atoms with Gasteiger partial charge in [0.25, 0.3) is 5.91 Å². The highest BCUT2D eigenvalue weighted by Gasteiger charge is 2.10. The Morgan fingerprint density at radius 2 is 1.95 bits per heavy atom. The lowest BCUT2D eigenvalue weighted by Gasteiger charge is -2.10. The van der Waals surface area contributed by atoms with Gasteiger partial charge in [0.2, 0.25) is 0 Å². The summed E-state index contributed by atoms with van der Waals surface area (Å²) in [5.74, 6) is -0.0812. The van der Waals surface area contributed by atoms with Crippen LogP contribution in [0.3, 0.4) is 0 Å². The van der Waals surface area contributed by atoms with Crippen LogP contribution in [0, 0.1) is 25.2 Å². The quantitative estimate of drug-likeness (QED) is 0.820. The van der Waals surface area contributed by atoms with Gasteiger partial charge in [-0.3, -0.25) is 4.79 Å². The van der Waals surface area contributed by atoms with Crippen LogP contribution in [-0.4, -0.2) is 11.0 Å². The second-order valence-corrected chi connectivity index (χ2v) is 4.60. The third-order valence-electron chi connectivity index (χ3n) is 3.04. The van der Waals surface area contributed by atoms with Gasteiger partial charge in [0.1, 0.15) is 5.75 Å². The number of hydrogen-bond acceptors (Lipinski definition) is 3. The molecular formula is C16H14N2O2. The smallest absolute Gasteiger partial charge is 0.255 e. The lowest BCUT2D eigenvalue weighted by atomic mass is 10.1. The number of carbonyl (C=O) groups is 1. The Bertz CT molecular complexity index is 715. The van der Waals surface area contributed by atoms with Crippen molar-refractivity contribution in [3.8, 4) is 11.8 Å². The topological polar surface area (TPSA) is 73.1 Å². The van der Waals surface area contributed by atoms with Gasteiger partial charge in [0.05, 0.1) is 11.6 Å². The number of aromatic hydroxyl groups is 1. The third kappa shape index (κ3) is 2.78. The fourth-order valence-electron chi connectivity index (χ4n) is 1.86. The van der Waals surface area contributed by atoms with E-state index in [2.05, 4.69) is 5.32 Å². The van der Waals surface area contributed by atoms with Gasteiger partial charge < -0.3 is 10.4 Å². The molecule has 0 fully saturated rings. The first kappa shape index (κ1) is 13.6. The number of nitrogens with one attached hydrogen (secondary N) is 1. The molecule has 0 heterocycles. The number of amides is 1. The second-order valence-electron chi connectivity index (χ2n) is 4.60. The van der Waals surface area contributed by atoms with Crippen LogP contribution in [0.5, 0.6) is 5.75 Å². The number of nitriles is 1. The van der Waals surface area contributed by atoms with Crippen molar-refractivity contribution in [2.24, 2.45) is 0 Å². The zero-order valence-corrected chi connectivity index (χ0v) is 11.3. The van der Waals surface area contributed by atoms with E-state index in [0.29, 0.717) is 22.4 Å². The first-order valence-corrected chi connectivity index (χ1v) is 6.13. The summed E-state index contributed by atoms with van der Waals surface area (Å²) >= 11 is 0. The largest absolute Gasteiger partial charge is 0.508 e. The van der Waals surface area contributed by atoms with Crippen molar-refractivity contribution in [3.63, 3.8) is 0 Å². The Hall–Kier alpha value is -2.80. The highest BCUT2D eigenvalue weighted by Crippen LogP contribution is 2.25. The van der Waals surface area contributed by atoms with Gasteiger partial charge in [0.15, 0.2) is 0 Å². The van der Waals surface area contributed by atoms with Crippen molar-refractivity contribution >= 4 is 11.6 Å². The van der Waals surface area contributed by atoms with Crippen LogP contribution in [0.15, 0.2) is 36.4 Å². The zero-order chi connectivity index (χ0) is 14.7. The van der Waals surface area contributed by atoms with Crippen LogP contribution >= 0.6 is 0 Å². The summed E-state index contributed by atoms with van der Waals surface area (Å²) in [5.41, 5.74) is 2.98. The van der Waals surface area contributed by atoms with Gasteiger partial charge in [-0.2, -0.15) is 5.26 Å². The van der Waals surface area contributed by atoms with Gasteiger partial charge in [-0.05, 0) is 55.3 Å². The molecule has 20 heavy (non-hydrogen) atoms. The van der Waals surface area contributed by atoms with E-state index in [4.69, 9.17) is 5.26 Å². The van der Waals surface area contributed by atoms with Gasteiger partial charge in [0, 0.05) is 11.3 Å². The second kappa shape index (κ2) is 5.45. The molecule has 0 aliphatic heterocycles. The summed E-state index contributed by atoms with van der Waals surface area (Å²) in [6.45, 7) is 3.57. The number of carbonyl (C=O) groups excluding carboxylic acids is 1. The van der Waals surface area contributed by atoms with Crippen LogP contribution in [0.2, 0.25) is 0 Å². The van der Waals surface area contributed by atoms with E-state index in [1.54, 1.807) is 44.2 Å². The average molecular weight is 266 g/mol. The molecular weight excluding hydrogens is 252 g/mol. The molecule has 0 radical (unpaired) electrons. The van der Waals surface area contributed by atoms with E-state index >= 15 is 0 Å². The summed E-state index contributed by atoms with van der Waals surface area (Å²) in [4.78, 5) is 12.1. The number of nitrogens with zero attached hydrogens (tertiary/aromatic N) is 1. The maximum Gasteiger partial charge on any atom is 0.255 e. The van der Waals surface area contributed by atoms with Gasteiger partial charge in [-0.1, -0.05) is 6.07 Å². The van der Waals surface area contributed by atoms with Crippen LogP contribution in [0.25, 0.3) is 0 Å². The van der Waals surface area contributed by atoms with Crippen LogP contribution in [0.4, 0.5) is 5.69 Å². The van der Waals surface area contributed by atoms with Crippen molar-refractivity contribution in [3.05, 3.63) is 58.7 Å². The molecule has 2 rings (SSSR count). The molecule has 4 nitrogen and oxygen atoms in total. The van der Waals surface area contributed by atoms with Gasteiger partial charge in [-0.15, -0.1) is 0 Å². The summed E-state index contributed by atoms with van der Waals surface area (Å²) in [5, 5.41) is 21.2. The highest BCUT2D eigenvalue weighted by atomic mass is 16.3. The van der Waals surface area contributed by atoms with Crippen molar-refractivity contribution in [1.82, 2.24) is 0 Å². The third-order valence-corrected chi connectivity index (χ3v) is 3.04. The average Bonchev–Trinajstić information content (AvgIpc) is 2.44. The van der Waals surface area contributed by atoms with Crippen molar-refractivity contribution < 1.29 is 9.90 Å². The Kier molecular flexibility index (Phi) is 3.72. The molecule has 0 bridgehead atoms. The SMILES string of the molecule is Cc1cc(NC(=O)c2cccc(C#N)c2)c(C)cc1O. The molecule has 0 aliphatic rings. The lowest BCUT2D eigenvalue weighted by Crippen LogP contribution is -2.13. The van der Waals surface area contributed by atoms with Crippen LogP contribution in [0.1, 0.15) is 27.0 Å². The number of anilines is 1. The molecule has 2 aromatic rings. The Balaban J connectivity index is 2.28. The number of aryl methyl sites for hydroxylation is 2. The molecule has 2 aromatic carbocycles. The van der Waals surface area contributed by atoms with Crippen molar-refractivity contribution in [2.75, 3.05) is 5.32 Å². The minimum atomic E-state index is -0.282. The number of phenolic OH excluding ortho intramolecular Hbond substituents is 1. The van der Waals surface area contributed by atoms with E-state index in [0.717, 1.165) is 5.56 Å². The van der Waals surface area contributed by atoms with Crippen LogP contribution in [-0.2, 0) is 0 Å². The number of benzene rings is 2. The first-order valence-electron chi connectivity index (χ1n) is 6.13. The molecule has 0 saturated heterocycles. The number of rotatable bonds is 2. The normalized spacial score (nSPS) is 9.85. The van der Waals surface area contributed by atoms with E-state index in [1.807, 2.05) is 6.07 Å². The number of hydrogen-bond donors (Lipinski definition) is 2. The van der Waals surface area contributed by atoms with E-state index < -0.39 is 0 Å². The standard InChI is InChI=1S/C16H14N2O2/c1-10-7-15(19)11(2)6-14(10)18-16(20)13-5-3-4-12(8-13)9-17/h3-8,19H,1-2H3,(H,18,20). The summed E-state index contributed by atoms with van der Waals surface area (Å²) in [7, 11) is 0. The minimum Gasteiger partial charge on any atom is -0.508 e. The molecule has 2 N–H and O–H groups in total. The Morgan fingerprint density at radius 1 is 1.20 bits per heavy atom. The lowest BCUT2D eigenvalue weighted by molar-refractivity contribution is 0.102. The molecule has 0 spiro atoms. The molecule has 0 atom stereocenters. The fraction of sp³-hybridized carbons (Fsp3) is 0.125. The number of phenols is 1. The maximum atomic E-state index is 12.1. The van der Waals surface area contributed by atoms with E-state index in [-0.39, 0.29) is 11.7 Å². The fourth-order valence-corrected chi connectivity index (χ4v) is 1.86. The molecule has 0 aromatic heterocycles. The molecule has 0 saturated carbocycles. The summed E-state index contributed by atoms with van der Waals surface area (Å²) in [6.07, 6.45) is 0. The molecule has 0 unspecified atom stereocenters. The Morgan fingerprint density at radius 3 is 2.65 bits per heavy atom. The summed E-state index contributed by atoms with van der Waals surface area (Å²) < 4.78 is 0. The van der Waals surface area contributed by atoms with Crippen LogP contribution < -0.4 is 5.32 Å². The van der Waals surface area contributed by atoms with Gasteiger partial charge >= 0.3 is 0 Å². The molecule has 4 heteroatoms. The molecule has 100 valence electrons. The Labute approximate surface area is 117 Å². The highest BCUT2D eigenvalue weighted by molar-refractivity contribution is 6.04. The summed E-state index contributed by atoms with van der Waals surface area (Å²) in [6, 6.07) is 11.8. The van der Waals surface area contributed by atoms with Crippen molar-refractivity contribution in [1.29, 1.82) is 5.26 Å². The van der Waals surface area contributed by atoms with Gasteiger partial charge in [-0.25, -0.2) is 0 Å². The van der Waals surface area contributed by atoms with E-state index in [9.17, 15) is 9.90 Å². The zero-order valence-electron chi connectivity index (χ0n) is 11.3. The monoisotopic (exact) mass is 266 g/mol. The van der Waals surface area contributed by atoms with E-state index in [1.165, 1.54) is 6.07 Å². The first-order chi connectivity index (χ1) is 9.51. The molecule has 0 aliphatic carbocycles. The van der Waals surface area contributed by atoms with Crippen molar-refractivity contribution in [2.45, 2.75) is 13.8 Å². The molecule has 1 amide bonds. The predicted octanol–water partition coefficient (Wildman–Crippen LogP) is 3.13. The maximum absolute atomic E-state index is 12.1. The predicted molar refractivity (Wildman–Crippen MR) is 76.7 cm³/mol. The minimum absolute atomic E-state index is 0.201.